The minimum Gasteiger partial charge on any atom is -0.313 e. The molecule has 3 atom stereocenters. The van der Waals surface area contributed by atoms with Crippen molar-refractivity contribution in [3.05, 3.63) is 34.9 Å². The molecular weight excluding hydrogens is 218 g/mol. The van der Waals surface area contributed by atoms with Gasteiger partial charge in [-0.25, -0.2) is 0 Å². The Morgan fingerprint density at radius 2 is 1.94 bits per heavy atom. The molecule has 1 N–H and O–H groups in total. The molecule has 0 aliphatic heterocycles. The number of rotatable bonds is 3. The fraction of sp³-hybridized carbons (Fsp3) is 0.571. The van der Waals surface area contributed by atoms with E-state index < -0.39 is 0 Å². The molecule has 2 rings (SSSR count). The van der Waals surface area contributed by atoms with Gasteiger partial charge < -0.3 is 5.32 Å². The maximum atomic E-state index is 5.92. The van der Waals surface area contributed by atoms with Gasteiger partial charge in [-0.3, -0.25) is 0 Å². The molecule has 1 nitrogen and oxygen atoms in total. The van der Waals surface area contributed by atoms with Crippen LogP contribution in [0, 0.1) is 11.8 Å². The fourth-order valence-electron chi connectivity index (χ4n) is 2.90. The Morgan fingerprint density at radius 3 is 2.44 bits per heavy atom. The zero-order valence-electron chi connectivity index (χ0n) is 10.0. The Labute approximate surface area is 103 Å². The minimum absolute atomic E-state index is 0.488. The van der Waals surface area contributed by atoms with Crippen molar-refractivity contribution >= 4 is 11.6 Å². The lowest BCUT2D eigenvalue weighted by atomic mass is 9.91. The monoisotopic (exact) mass is 237 g/mol. The topological polar surface area (TPSA) is 12.0 Å². The molecule has 0 saturated heterocycles. The summed E-state index contributed by atoms with van der Waals surface area (Å²) in [7, 11) is 2.06. The van der Waals surface area contributed by atoms with Crippen molar-refractivity contribution in [3.8, 4) is 0 Å². The summed E-state index contributed by atoms with van der Waals surface area (Å²) in [5.41, 5.74) is 1.37. The van der Waals surface area contributed by atoms with Crippen LogP contribution in [0.25, 0.3) is 0 Å². The Kier molecular flexibility index (Phi) is 3.88. The lowest BCUT2D eigenvalue weighted by Crippen LogP contribution is -2.23. The van der Waals surface area contributed by atoms with Crippen molar-refractivity contribution in [2.24, 2.45) is 11.8 Å². The molecule has 2 heteroatoms. The van der Waals surface area contributed by atoms with Gasteiger partial charge in [0.25, 0.3) is 0 Å². The number of hydrogen-bond donors (Lipinski definition) is 1. The second kappa shape index (κ2) is 5.20. The summed E-state index contributed by atoms with van der Waals surface area (Å²) >= 11 is 5.92. The quantitative estimate of drug-likeness (QED) is 0.837. The van der Waals surface area contributed by atoms with Crippen molar-refractivity contribution < 1.29 is 0 Å². The minimum atomic E-state index is 0.488. The van der Waals surface area contributed by atoms with E-state index in [1.165, 1.54) is 24.8 Å². The first-order chi connectivity index (χ1) is 7.70. The molecule has 1 aliphatic carbocycles. The summed E-state index contributed by atoms with van der Waals surface area (Å²) in [5, 5.41) is 4.28. The lowest BCUT2D eigenvalue weighted by Gasteiger charge is -2.23. The van der Waals surface area contributed by atoms with E-state index in [1.807, 2.05) is 12.1 Å². The summed E-state index contributed by atoms with van der Waals surface area (Å²) in [6.07, 6.45) is 4.06. The van der Waals surface area contributed by atoms with Gasteiger partial charge in [-0.05, 0) is 49.4 Å². The molecule has 3 unspecified atom stereocenters. The van der Waals surface area contributed by atoms with E-state index in [9.17, 15) is 0 Å². The van der Waals surface area contributed by atoms with Crippen LogP contribution in [-0.2, 0) is 0 Å². The van der Waals surface area contributed by atoms with Crippen molar-refractivity contribution in [2.75, 3.05) is 7.05 Å². The highest BCUT2D eigenvalue weighted by Gasteiger charge is 2.28. The van der Waals surface area contributed by atoms with Crippen LogP contribution in [0.4, 0.5) is 0 Å². The molecule has 1 aromatic rings. The number of halogens is 1. The molecule has 16 heavy (non-hydrogen) atoms. The third-order valence-corrected chi connectivity index (χ3v) is 4.00. The molecule has 0 aromatic heterocycles. The zero-order valence-corrected chi connectivity index (χ0v) is 10.8. The summed E-state index contributed by atoms with van der Waals surface area (Å²) < 4.78 is 0. The molecule has 0 amide bonds. The number of hydrogen-bond acceptors (Lipinski definition) is 1. The Balaban J connectivity index is 2.13. The molecule has 1 aromatic carbocycles. The molecule has 0 radical (unpaired) electrons. The van der Waals surface area contributed by atoms with E-state index >= 15 is 0 Å². The van der Waals surface area contributed by atoms with E-state index in [0.29, 0.717) is 6.04 Å². The van der Waals surface area contributed by atoms with Crippen molar-refractivity contribution in [2.45, 2.75) is 32.2 Å². The first-order valence-electron chi connectivity index (χ1n) is 6.13. The van der Waals surface area contributed by atoms with Gasteiger partial charge in [0.1, 0.15) is 0 Å². The van der Waals surface area contributed by atoms with Crippen LogP contribution in [0.1, 0.15) is 37.8 Å². The van der Waals surface area contributed by atoms with Gasteiger partial charge in [0, 0.05) is 11.1 Å². The van der Waals surface area contributed by atoms with Crippen LogP contribution in [0.3, 0.4) is 0 Å². The van der Waals surface area contributed by atoms with E-state index in [-0.39, 0.29) is 0 Å². The molecule has 88 valence electrons. The van der Waals surface area contributed by atoms with Crippen molar-refractivity contribution in [1.82, 2.24) is 5.32 Å². The van der Waals surface area contributed by atoms with Gasteiger partial charge in [-0.2, -0.15) is 0 Å². The van der Waals surface area contributed by atoms with Crippen molar-refractivity contribution in [1.29, 1.82) is 0 Å². The maximum Gasteiger partial charge on any atom is 0.0406 e. The standard InChI is InChI=1S/C14H20ClN/c1-10-3-4-12(9-10)14(16-2)11-5-7-13(15)8-6-11/h5-8,10,12,14,16H,3-4,9H2,1-2H3. The smallest absolute Gasteiger partial charge is 0.0406 e. The van der Waals surface area contributed by atoms with Crippen LogP contribution < -0.4 is 5.32 Å². The third-order valence-electron chi connectivity index (χ3n) is 3.75. The zero-order chi connectivity index (χ0) is 11.5. The molecule has 0 spiro atoms. The van der Waals surface area contributed by atoms with Crippen LogP contribution in [0.15, 0.2) is 24.3 Å². The summed E-state index contributed by atoms with van der Waals surface area (Å²) in [4.78, 5) is 0. The molecular formula is C14H20ClN. The Hall–Kier alpha value is -0.530. The van der Waals surface area contributed by atoms with E-state index in [4.69, 9.17) is 11.6 Å². The maximum absolute atomic E-state index is 5.92. The second-order valence-electron chi connectivity index (χ2n) is 5.00. The average Bonchev–Trinajstić information content (AvgIpc) is 2.69. The van der Waals surface area contributed by atoms with E-state index in [2.05, 4.69) is 31.4 Å². The average molecular weight is 238 g/mol. The van der Waals surface area contributed by atoms with Gasteiger partial charge in [-0.1, -0.05) is 37.1 Å². The van der Waals surface area contributed by atoms with Crippen LogP contribution in [-0.4, -0.2) is 7.05 Å². The first kappa shape index (κ1) is 11.9. The van der Waals surface area contributed by atoms with Crippen LogP contribution in [0.5, 0.6) is 0 Å². The third kappa shape index (κ3) is 2.58. The molecule has 0 heterocycles. The molecule has 1 saturated carbocycles. The van der Waals surface area contributed by atoms with Gasteiger partial charge in [0.2, 0.25) is 0 Å². The predicted octanol–water partition coefficient (Wildman–Crippen LogP) is 4.04. The van der Waals surface area contributed by atoms with Crippen molar-refractivity contribution in [3.63, 3.8) is 0 Å². The lowest BCUT2D eigenvalue weighted by molar-refractivity contribution is 0.379. The summed E-state index contributed by atoms with van der Waals surface area (Å²) in [5.74, 6) is 1.66. The van der Waals surface area contributed by atoms with Gasteiger partial charge in [0.05, 0.1) is 0 Å². The van der Waals surface area contributed by atoms with Crippen LogP contribution >= 0.6 is 11.6 Å². The molecule has 1 fully saturated rings. The summed E-state index contributed by atoms with van der Waals surface area (Å²) in [6.45, 7) is 2.36. The fourth-order valence-corrected chi connectivity index (χ4v) is 3.02. The second-order valence-corrected chi connectivity index (χ2v) is 5.43. The number of benzene rings is 1. The van der Waals surface area contributed by atoms with E-state index in [0.717, 1.165) is 16.9 Å². The normalized spacial score (nSPS) is 26.9. The SMILES string of the molecule is CNC(c1ccc(Cl)cc1)C1CCC(C)C1. The Morgan fingerprint density at radius 1 is 1.25 bits per heavy atom. The predicted molar refractivity (Wildman–Crippen MR) is 69.8 cm³/mol. The van der Waals surface area contributed by atoms with Gasteiger partial charge >= 0.3 is 0 Å². The van der Waals surface area contributed by atoms with Crippen LogP contribution in [0.2, 0.25) is 5.02 Å². The highest BCUT2D eigenvalue weighted by Crippen LogP contribution is 2.38. The molecule has 0 bridgehead atoms. The Bertz CT molecular complexity index is 333. The highest BCUT2D eigenvalue weighted by atomic mass is 35.5. The first-order valence-corrected chi connectivity index (χ1v) is 6.51. The largest absolute Gasteiger partial charge is 0.313 e. The van der Waals surface area contributed by atoms with Gasteiger partial charge in [-0.15, -0.1) is 0 Å². The highest BCUT2D eigenvalue weighted by molar-refractivity contribution is 6.30. The number of nitrogens with one attached hydrogen (secondary N) is 1. The van der Waals surface area contributed by atoms with E-state index in [1.54, 1.807) is 0 Å². The molecule has 1 aliphatic rings. The summed E-state index contributed by atoms with van der Waals surface area (Å²) in [6, 6.07) is 8.75. The van der Waals surface area contributed by atoms with Gasteiger partial charge in [0.15, 0.2) is 0 Å².